The zero-order valence-corrected chi connectivity index (χ0v) is 11.8. The van der Waals surface area contributed by atoms with E-state index >= 15 is 0 Å². The van der Waals surface area contributed by atoms with Crippen LogP contribution in [-0.2, 0) is 4.79 Å². The molecule has 1 aromatic rings. The Labute approximate surface area is 120 Å². The van der Waals surface area contributed by atoms with Crippen LogP contribution in [0.15, 0.2) is 29.2 Å². The molecule has 7 heteroatoms. The number of urea groups is 1. The highest BCUT2D eigenvalue weighted by molar-refractivity contribution is 7.98. The van der Waals surface area contributed by atoms with Gasteiger partial charge in [-0.2, -0.15) is 0 Å². The maximum absolute atomic E-state index is 12.2. The van der Waals surface area contributed by atoms with Gasteiger partial charge < -0.3 is 20.4 Å². The highest BCUT2D eigenvalue weighted by Crippen LogP contribution is 2.26. The highest BCUT2D eigenvalue weighted by atomic mass is 32.2. The minimum absolute atomic E-state index is 0.0320. The van der Waals surface area contributed by atoms with Crippen molar-refractivity contribution in [2.45, 2.75) is 23.5 Å². The minimum atomic E-state index is -1.10. The van der Waals surface area contributed by atoms with Crippen molar-refractivity contribution in [3.05, 3.63) is 24.3 Å². The van der Waals surface area contributed by atoms with Gasteiger partial charge in [0.05, 0.1) is 11.8 Å². The molecule has 0 aromatic heterocycles. The van der Waals surface area contributed by atoms with Gasteiger partial charge >= 0.3 is 12.0 Å². The number of carbonyl (C=O) groups is 2. The number of carbonyl (C=O) groups excluding carboxylic acids is 1. The monoisotopic (exact) mass is 296 g/mol. The highest BCUT2D eigenvalue weighted by Gasteiger charge is 2.39. The van der Waals surface area contributed by atoms with Gasteiger partial charge in [0, 0.05) is 17.9 Å². The Kier molecular flexibility index (Phi) is 4.51. The van der Waals surface area contributed by atoms with E-state index in [1.807, 2.05) is 18.4 Å². The maximum Gasteiger partial charge on any atom is 0.326 e. The molecule has 2 amide bonds. The number of hydrogen-bond acceptors (Lipinski definition) is 4. The fourth-order valence-electron chi connectivity index (χ4n) is 2.21. The van der Waals surface area contributed by atoms with Crippen LogP contribution in [0.25, 0.3) is 0 Å². The number of likely N-dealkylation sites (tertiary alicyclic amines) is 1. The number of hydrogen-bond donors (Lipinski definition) is 3. The van der Waals surface area contributed by atoms with Crippen molar-refractivity contribution in [2.24, 2.45) is 0 Å². The number of nitrogens with zero attached hydrogens (tertiary/aromatic N) is 1. The van der Waals surface area contributed by atoms with Gasteiger partial charge in [0.1, 0.15) is 6.04 Å². The van der Waals surface area contributed by atoms with Crippen molar-refractivity contribution in [3.8, 4) is 0 Å². The van der Waals surface area contributed by atoms with E-state index in [4.69, 9.17) is 5.11 Å². The average Bonchev–Trinajstić information content (AvgIpc) is 2.82. The summed E-state index contributed by atoms with van der Waals surface area (Å²) in [7, 11) is 0. The largest absolute Gasteiger partial charge is 0.480 e. The number of nitrogens with one attached hydrogen (secondary N) is 1. The van der Waals surface area contributed by atoms with Crippen LogP contribution in [0.3, 0.4) is 0 Å². The van der Waals surface area contributed by atoms with E-state index in [0.717, 1.165) is 9.80 Å². The van der Waals surface area contributed by atoms with Gasteiger partial charge in [-0.25, -0.2) is 9.59 Å². The third kappa shape index (κ3) is 3.05. The van der Waals surface area contributed by atoms with E-state index in [1.54, 1.807) is 12.1 Å². The Morgan fingerprint density at radius 3 is 2.75 bits per heavy atom. The van der Waals surface area contributed by atoms with E-state index in [-0.39, 0.29) is 13.0 Å². The number of aliphatic carboxylic acids is 1. The molecule has 2 atom stereocenters. The summed E-state index contributed by atoms with van der Waals surface area (Å²) in [6.45, 7) is 0.0320. The second-order valence-electron chi connectivity index (χ2n) is 4.53. The first-order valence-corrected chi connectivity index (χ1v) is 7.37. The maximum atomic E-state index is 12.2. The van der Waals surface area contributed by atoms with Gasteiger partial charge in [-0.1, -0.05) is 12.1 Å². The molecular formula is C13H16N2O4S. The predicted molar refractivity (Wildman–Crippen MR) is 76.0 cm³/mol. The zero-order valence-electron chi connectivity index (χ0n) is 10.9. The lowest BCUT2D eigenvalue weighted by molar-refractivity contribution is -0.141. The quantitative estimate of drug-likeness (QED) is 0.735. The first-order valence-electron chi connectivity index (χ1n) is 6.14. The number of carboxylic acid groups (broad SMARTS) is 1. The normalized spacial score (nSPS) is 21.8. The fourth-order valence-corrected chi connectivity index (χ4v) is 2.76. The Morgan fingerprint density at radius 1 is 1.40 bits per heavy atom. The molecule has 0 radical (unpaired) electrons. The topological polar surface area (TPSA) is 89.9 Å². The average molecular weight is 296 g/mol. The molecule has 0 unspecified atom stereocenters. The predicted octanol–water partition coefficient (Wildman–Crippen LogP) is 1.46. The molecule has 2 rings (SSSR count). The number of anilines is 1. The van der Waals surface area contributed by atoms with Crippen molar-refractivity contribution in [1.29, 1.82) is 0 Å². The number of amides is 2. The Balaban J connectivity index is 2.13. The van der Waals surface area contributed by atoms with Crippen molar-refractivity contribution in [3.63, 3.8) is 0 Å². The summed E-state index contributed by atoms with van der Waals surface area (Å²) in [5, 5.41) is 21.3. The lowest BCUT2D eigenvalue weighted by Crippen LogP contribution is -2.43. The van der Waals surface area contributed by atoms with Gasteiger partial charge in [0.25, 0.3) is 0 Å². The number of carboxylic acids is 1. The van der Waals surface area contributed by atoms with Crippen LogP contribution in [-0.4, -0.2) is 52.1 Å². The summed E-state index contributed by atoms with van der Waals surface area (Å²) in [5.41, 5.74) is 0.635. The van der Waals surface area contributed by atoms with Crippen LogP contribution in [0.1, 0.15) is 6.42 Å². The summed E-state index contributed by atoms with van der Waals surface area (Å²) in [6, 6.07) is 5.80. The van der Waals surface area contributed by atoms with Crippen LogP contribution < -0.4 is 5.32 Å². The van der Waals surface area contributed by atoms with Crippen LogP contribution in [0.4, 0.5) is 10.5 Å². The smallest absolute Gasteiger partial charge is 0.326 e. The molecule has 1 fully saturated rings. The number of para-hydroxylation sites is 1. The van der Waals surface area contributed by atoms with Crippen LogP contribution in [0.2, 0.25) is 0 Å². The van der Waals surface area contributed by atoms with Crippen LogP contribution >= 0.6 is 11.8 Å². The molecule has 1 aliphatic heterocycles. The standard InChI is InChI=1S/C13H16N2O4S/c1-20-11-5-3-2-4-9(11)14-13(19)15-7-8(16)6-10(15)12(17)18/h2-5,8,10,16H,6-7H2,1H3,(H,14,19)(H,17,18)/t8-,10-/m1/s1. The number of benzene rings is 1. The Bertz CT molecular complexity index is 523. The summed E-state index contributed by atoms with van der Waals surface area (Å²) >= 11 is 1.49. The first-order chi connectivity index (χ1) is 9.52. The molecule has 1 aromatic carbocycles. The summed E-state index contributed by atoms with van der Waals surface area (Å²) in [6.07, 6.45) is 1.16. The van der Waals surface area contributed by atoms with E-state index in [0.29, 0.717) is 5.69 Å². The van der Waals surface area contributed by atoms with Crippen molar-refractivity contribution < 1.29 is 19.8 Å². The fraction of sp³-hybridized carbons (Fsp3) is 0.385. The van der Waals surface area contributed by atoms with Gasteiger partial charge in [0.2, 0.25) is 0 Å². The van der Waals surface area contributed by atoms with E-state index in [2.05, 4.69) is 5.32 Å². The lowest BCUT2D eigenvalue weighted by Gasteiger charge is -2.22. The number of thioether (sulfide) groups is 1. The number of β-amino-alcohol motifs (C(OH)–C–C–N with tert-alkyl or cyclic N) is 1. The summed E-state index contributed by atoms with van der Waals surface area (Å²) in [5.74, 6) is -1.10. The summed E-state index contributed by atoms with van der Waals surface area (Å²) in [4.78, 5) is 25.3. The molecule has 0 aliphatic carbocycles. The number of aliphatic hydroxyl groups excluding tert-OH is 1. The van der Waals surface area contributed by atoms with E-state index < -0.39 is 24.1 Å². The zero-order chi connectivity index (χ0) is 14.7. The summed E-state index contributed by atoms with van der Waals surface area (Å²) < 4.78 is 0. The minimum Gasteiger partial charge on any atom is -0.480 e. The SMILES string of the molecule is CSc1ccccc1NC(=O)N1C[C@H](O)C[C@@H]1C(=O)O. The Hall–Kier alpha value is -1.73. The molecule has 1 aliphatic rings. The lowest BCUT2D eigenvalue weighted by atomic mass is 10.2. The van der Waals surface area contributed by atoms with Gasteiger partial charge in [-0.15, -0.1) is 11.8 Å². The third-order valence-electron chi connectivity index (χ3n) is 3.17. The van der Waals surface area contributed by atoms with Crippen LogP contribution in [0, 0.1) is 0 Å². The molecular weight excluding hydrogens is 280 g/mol. The molecule has 0 bridgehead atoms. The van der Waals surface area contributed by atoms with Gasteiger partial charge in [0.15, 0.2) is 0 Å². The molecule has 1 heterocycles. The third-order valence-corrected chi connectivity index (χ3v) is 3.97. The van der Waals surface area contributed by atoms with Gasteiger partial charge in [-0.3, -0.25) is 0 Å². The molecule has 1 saturated heterocycles. The van der Waals surface area contributed by atoms with Crippen molar-refractivity contribution in [2.75, 3.05) is 18.1 Å². The molecule has 3 N–H and O–H groups in total. The molecule has 0 saturated carbocycles. The number of aliphatic hydroxyl groups is 1. The second kappa shape index (κ2) is 6.15. The molecule has 20 heavy (non-hydrogen) atoms. The number of rotatable bonds is 3. The van der Waals surface area contributed by atoms with Crippen molar-refractivity contribution in [1.82, 2.24) is 4.90 Å². The van der Waals surface area contributed by atoms with E-state index in [9.17, 15) is 14.7 Å². The second-order valence-corrected chi connectivity index (χ2v) is 5.37. The molecule has 6 nitrogen and oxygen atoms in total. The van der Waals surface area contributed by atoms with Crippen LogP contribution in [0.5, 0.6) is 0 Å². The molecule has 0 spiro atoms. The van der Waals surface area contributed by atoms with E-state index in [1.165, 1.54) is 11.8 Å². The molecule has 108 valence electrons. The van der Waals surface area contributed by atoms with Crippen molar-refractivity contribution >= 4 is 29.4 Å². The Morgan fingerprint density at radius 2 is 2.10 bits per heavy atom. The first kappa shape index (κ1) is 14.7. The van der Waals surface area contributed by atoms with Gasteiger partial charge in [-0.05, 0) is 18.4 Å².